The molecule has 0 bridgehead atoms. The fourth-order valence-electron chi connectivity index (χ4n) is 3.08. The van der Waals surface area contributed by atoms with Crippen LogP contribution in [0, 0.1) is 5.92 Å². The van der Waals surface area contributed by atoms with E-state index in [1.165, 1.54) is 11.0 Å². The van der Waals surface area contributed by atoms with Crippen molar-refractivity contribution in [2.75, 3.05) is 19.7 Å². The van der Waals surface area contributed by atoms with Crippen molar-refractivity contribution in [3.8, 4) is 0 Å². The van der Waals surface area contributed by atoms with Crippen LogP contribution in [-0.2, 0) is 4.74 Å². The van der Waals surface area contributed by atoms with E-state index in [0.29, 0.717) is 29.8 Å². The van der Waals surface area contributed by atoms with Crippen molar-refractivity contribution in [1.82, 2.24) is 10.2 Å². The molecule has 0 aromatic heterocycles. The highest BCUT2D eigenvalue weighted by Crippen LogP contribution is 2.25. The Balaban J connectivity index is 1.72. The Labute approximate surface area is 141 Å². The second-order valence-electron chi connectivity index (χ2n) is 6.72. The molecule has 2 aliphatic heterocycles. The molecule has 2 aliphatic rings. The summed E-state index contributed by atoms with van der Waals surface area (Å²) < 4.78 is 5.48. The lowest BCUT2D eigenvalue weighted by Gasteiger charge is -2.15. The van der Waals surface area contributed by atoms with Gasteiger partial charge < -0.3 is 10.1 Å². The summed E-state index contributed by atoms with van der Waals surface area (Å²) in [5.41, 5.74) is 1.07. The highest BCUT2D eigenvalue weighted by molar-refractivity contribution is 6.22. The number of carbonyl (C=O) groups is 3. The van der Waals surface area contributed by atoms with Crippen LogP contribution in [0.25, 0.3) is 0 Å². The number of hydrogen-bond donors (Lipinski definition) is 1. The number of fused-ring (bicyclic) bond motifs is 1. The van der Waals surface area contributed by atoms with E-state index >= 15 is 0 Å². The third kappa shape index (κ3) is 3.19. The minimum Gasteiger partial charge on any atom is -0.376 e. The smallest absolute Gasteiger partial charge is 0.261 e. The maximum atomic E-state index is 12.4. The van der Waals surface area contributed by atoms with E-state index in [0.717, 1.165) is 19.4 Å². The first kappa shape index (κ1) is 16.6. The van der Waals surface area contributed by atoms with Gasteiger partial charge in [-0.05, 0) is 37.0 Å². The summed E-state index contributed by atoms with van der Waals surface area (Å²) in [6.07, 6.45) is 2.02. The monoisotopic (exact) mass is 330 g/mol. The van der Waals surface area contributed by atoms with Crippen LogP contribution < -0.4 is 5.32 Å². The maximum absolute atomic E-state index is 12.4. The van der Waals surface area contributed by atoms with Crippen LogP contribution in [-0.4, -0.2) is 48.4 Å². The molecule has 0 spiro atoms. The molecule has 1 fully saturated rings. The number of nitrogens with one attached hydrogen (secondary N) is 1. The van der Waals surface area contributed by atoms with Gasteiger partial charge in [0.25, 0.3) is 17.7 Å². The molecule has 1 aromatic rings. The van der Waals surface area contributed by atoms with Crippen molar-refractivity contribution in [2.24, 2.45) is 5.92 Å². The van der Waals surface area contributed by atoms with Gasteiger partial charge in [0.2, 0.25) is 0 Å². The number of imide groups is 1. The molecule has 1 atom stereocenters. The van der Waals surface area contributed by atoms with E-state index in [-0.39, 0.29) is 29.7 Å². The summed E-state index contributed by atoms with van der Waals surface area (Å²) in [4.78, 5) is 38.3. The topological polar surface area (TPSA) is 75.7 Å². The fourth-order valence-corrected chi connectivity index (χ4v) is 3.08. The average Bonchev–Trinajstić information content (AvgIpc) is 3.15. The number of ether oxygens (including phenoxy) is 1. The van der Waals surface area contributed by atoms with E-state index in [1.54, 1.807) is 12.1 Å². The second-order valence-corrected chi connectivity index (χ2v) is 6.72. The Morgan fingerprint density at radius 2 is 2.04 bits per heavy atom. The minimum absolute atomic E-state index is 0.0631. The van der Waals surface area contributed by atoms with Gasteiger partial charge in [-0.2, -0.15) is 0 Å². The average molecular weight is 330 g/mol. The second kappa shape index (κ2) is 6.73. The normalized spacial score (nSPS) is 20.0. The SMILES string of the molecule is CC(C)CN1C(=O)c2ccc(C(=O)NC[C@H]3CCCO3)cc2C1=O. The first-order valence-corrected chi connectivity index (χ1v) is 8.37. The molecule has 1 saturated heterocycles. The number of hydrogen-bond acceptors (Lipinski definition) is 4. The van der Waals surface area contributed by atoms with Crippen LogP contribution in [0.4, 0.5) is 0 Å². The van der Waals surface area contributed by atoms with Gasteiger partial charge in [-0.25, -0.2) is 0 Å². The summed E-state index contributed by atoms with van der Waals surface area (Å²) in [6, 6.07) is 4.67. The van der Waals surface area contributed by atoms with E-state index in [9.17, 15) is 14.4 Å². The van der Waals surface area contributed by atoms with Crippen LogP contribution in [0.1, 0.15) is 57.8 Å². The molecule has 2 heterocycles. The Hall–Kier alpha value is -2.21. The number of nitrogens with zero attached hydrogens (tertiary/aromatic N) is 1. The number of rotatable bonds is 5. The van der Waals surface area contributed by atoms with E-state index in [2.05, 4.69) is 5.32 Å². The minimum atomic E-state index is -0.322. The summed E-state index contributed by atoms with van der Waals surface area (Å²) in [5, 5.41) is 2.83. The molecule has 6 heteroatoms. The van der Waals surface area contributed by atoms with Crippen LogP contribution in [0.15, 0.2) is 18.2 Å². The van der Waals surface area contributed by atoms with Gasteiger partial charge in [0.05, 0.1) is 17.2 Å². The summed E-state index contributed by atoms with van der Waals surface area (Å²) in [6.45, 7) is 5.48. The Morgan fingerprint density at radius 3 is 2.71 bits per heavy atom. The van der Waals surface area contributed by atoms with Crippen LogP contribution in [0.2, 0.25) is 0 Å². The Morgan fingerprint density at radius 1 is 1.29 bits per heavy atom. The first-order valence-electron chi connectivity index (χ1n) is 8.37. The first-order chi connectivity index (χ1) is 11.5. The fraction of sp³-hybridized carbons (Fsp3) is 0.500. The Kier molecular flexibility index (Phi) is 4.66. The van der Waals surface area contributed by atoms with Crippen molar-refractivity contribution in [3.63, 3.8) is 0 Å². The largest absolute Gasteiger partial charge is 0.376 e. The lowest BCUT2D eigenvalue weighted by atomic mass is 10.1. The summed E-state index contributed by atoms with van der Waals surface area (Å²) >= 11 is 0. The standard InChI is InChI=1S/C18H22N2O4/c1-11(2)10-20-17(22)14-6-5-12(8-15(14)18(20)23)16(21)19-9-13-4-3-7-24-13/h5-6,8,11,13H,3-4,7,9-10H2,1-2H3,(H,19,21)/t13-/m1/s1. The predicted octanol–water partition coefficient (Wildman–Crippen LogP) is 1.85. The molecule has 1 aromatic carbocycles. The van der Waals surface area contributed by atoms with Gasteiger partial charge in [0, 0.05) is 25.3 Å². The summed E-state index contributed by atoms with van der Waals surface area (Å²) in [7, 11) is 0. The van der Waals surface area contributed by atoms with Crippen molar-refractivity contribution in [1.29, 1.82) is 0 Å². The van der Waals surface area contributed by atoms with Gasteiger partial charge in [0.1, 0.15) is 0 Å². The third-order valence-electron chi connectivity index (χ3n) is 4.29. The molecule has 0 saturated carbocycles. The molecule has 3 rings (SSSR count). The highest BCUT2D eigenvalue weighted by atomic mass is 16.5. The van der Waals surface area contributed by atoms with Gasteiger partial charge in [0.15, 0.2) is 0 Å². The van der Waals surface area contributed by atoms with Gasteiger partial charge in [-0.1, -0.05) is 13.8 Å². The Bertz CT molecular complexity index is 678. The number of benzene rings is 1. The molecule has 1 N–H and O–H groups in total. The quantitative estimate of drug-likeness (QED) is 0.836. The van der Waals surface area contributed by atoms with Crippen LogP contribution >= 0.6 is 0 Å². The highest BCUT2D eigenvalue weighted by Gasteiger charge is 2.36. The maximum Gasteiger partial charge on any atom is 0.261 e. The number of carbonyl (C=O) groups excluding carboxylic acids is 3. The van der Waals surface area contributed by atoms with Crippen molar-refractivity contribution in [3.05, 3.63) is 34.9 Å². The molecule has 24 heavy (non-hydrogen) atoms. The van der Waals surface area contributed by atoms with E-state index in [4.69, 9.17) is 4.74 Å². The zero-order valence-corrected chi connectivity index (χ0v) is 14.0. The molecular formula is C18H22N2O4. The van der Waals surface area contributed by atoms with E-state index < -0.39 is 0 Å². The zero-order valence-electron chi connectivity index (χ0n) is 14.0. The molecule has 128 valence electrons. The molecule has 0 aliphatic carbocycles. The number of amides is 3. The molecule has 6 nitrogen and oxygen atoms in total. The molecule has 0 unspecified atom stereocenters. The zero-order chi connectivity index (χ0) is 17.3. The van der Waals surface area contributed by atoms with Crippen LogP contribution in [0.5, 0.6) is 0 Å². The third-order valence-corrected chi connectivity index (χ3v) is 4.29. The predicted molar refractivity (Wildman–Crippen MR) is 88.0 cm³/mol. The van der Waals surface area contributed by atoms with Crippen LogP contribution in [0.3, 0.4) is 0 Å². The van der Waals surface area contributed by atoms with E-state index in [1.807, 2.05) is 13.8 Å². The lowest BCUT2D eigenvalue weighted by molar-refractivity contribution is 0.0636. The van der Waals surface area contributed by atoms with Gasteiger partial charge >= 0.3 is 0 Å². The lowest BCUT2D eigenvalue weighted by Crippen LogP contribution is -2.33. The summed E-state index contributed by atoms with van der Waals surface area (Å²) in [5.74, 6) is -0.662. The molecule has 3 amide bonds. The molecular weight excluding hydrogens is 308 g/mol. The van der Waals surface area contributed by atoms with Crippen molar-refractivity contribution < 1.29 is 19.1 Å². The molecule has 0 radical (unpaired) electrons. The van der Waals surface area contributed by atoms with Gasteiger partial charge in [-0.15, -0.1) is 0 Å². The van der Waals surface area contributed by atoms with Crippen molar-refractivity contribution >= 4 is 17.7 Å². The van der Waals surface area contributed by atoms with Gasteiger partial charge in [-0.3, -0.25) is 19.3 Å². The van der Waals surface area contributed by atoms with Crippen molar-refractivity contribution in [2.45, 2.75) is 32.8 Å².